The van der Waals surface area contributed by atoms with E-state index in [2.05, 4.69) is 35.3 Å². The van der Waals surface area contributed by atoms with E-state index in [1.54, 1.807) is 0 Å². The van der Waals surface area contributed by atoms with E-state index in [1.165, 1.54) is 16.5 Å². The van der Waals surface area contributed by atoms with E-state index in [4.69, 9.17) is 0 Å². The third-order valence-electron chi connectivity index (χ3n) is 2.94. The summed E-state index contributed by atoms with van der Waals surface area (Å²) < 4.78 is 0. The third kappa shape index (κ3) is 2.16. The molecule has 0 aliphatic heterocycles. The summed E-state index contributed by atoms with van der Waals surface area (Å²) in [5, 5.41) is 1.19. The van der Waals surface area contributed by atoms with Crippen molar-refractivity contribution in [2.45, 2.75) is 0 Å². The molecule has 0 saturated carbocycles. The number of hydrogen-bond acceptors (Lipinski definition) is 1. The molecular weight excluding hydrogens is 218 g/mol. The number of nitrogens with zero attached hydrogens (tertiary/aromatic N) is 1. The van der Waals surface area contributed by atoms with Crippen LogP contribution in [0.2, 0.25) is 0 Å². The van der Waals surface area contributed by atoms with Gasteiger partial charge in [-0.1, -0.05) is 60.7 Å². The molecule has 1 heterocycles. The smallest absolute Gasteiger partial charge is 0.0707 e. The molecule has 0 aliphatic carbocycles. The minimum Gasteiger partial charge on any atom is -0.256 e. The second-order valence-corrected chi connectivity index (χ2v) is 4.16. The molecule has 1 aromatic heterocycles. The van der Waals surface area contributed by atoms with Gasteiger partial charge in [0.2, 0.25) is 0 Å². The molecule has 1 heteroatoms. The summed E-state index contributed by atoms with van der Waals surface area (Å²) in [5.74, 6) is 0. The molecule has 0 unspecified atom stereocenters. The number of rotatable bonds is 2. The molecule has 0 N–H and O–H groups in total. The van der Waals surface area contributed by atoms with Crippen molar-refractivity contribution >= 4 is 23.1 Å². The molecule has 0 saturated heterocycles. The van der Waals surface area contributed by atoms with Crippen molar-refractivity contribution in [2.24, 2.45) is 0 Å². The third-order valence-corrected chi connectivity index (χ3v) is 2.94. The van der Waals surface area contributed by atoms with Crippen LogP contribution in [0.1, 0.15) is 11.1 Å². The van der Waals surface area contributed by atoms with E-state index >= 15 is 0 Å². The van der Waals surface area contributed by atoms with Crippen LogP contribution < -0.4 is 0 Å². The van der Waals surface area contributed by atoms with Gasteiger partial charge in [-0.2, -0.15) is 0 Å². The number of benzene rings is 2. The first-order chi connectivity index (χ1) is 8.93. The predicted molar refractivity (Wildman–Crippen MR) is 77.1 cm³/mol. The highest BCUT2D eigenvalue weighted by Crippen LogP contribution is 2.18. The van der Waals surface area contributed by atoms with Crippen LogP contribution >= 0.6 is 0 Å². The Kier molecular flexibility index (Phi) is 2.89. The van der Waals surface area contributed by atoms with Crippen LogP contribution in [0.3, 0.4) is 0 Å². The predicted octanol–water partition coefficient (Wildman–Crippen LogP) is 4.41. The molecule has 3 aromatic rings. The Labute approximate surface area is 106 Å². The normalized spacial score (nSPS) is 11.1. The van der Waals surface area contributed by atoms with E-state index in [0.717, 1.165) is 5.52 Å². The second kappa shape index (κ2) is 4.84. The van der Waals surface area contributed by atoms with Crippen molar-refractivity contribution in [3.05, 3.63) is 78.0 Å². The van der Waals surface area contributed by atoms with Gasteiger partial charge in [-0.25, -0.2) is 0 Å². The topological polar surface area (TPSA) is 12.9 Å². The summed E-state index contributed by atoms with van der Waals surface area (Å²) in [6.07, 6.45) is 6.12. The Bertz CT molecular complexity index is 679. The first-order valence-corrected chi connectivity index (χ1v) is 6.00. The maximum atomic E-state index is 4.36. The van der Waals surface area contributed by atoms with E-state index in [-0.39, 0.29) is 0 Å². The molecular formula is C17H13N. The van der Waals surface area contributed by atoms with Crippen molar-refractivity contribution in [1.82, 2.24) is 4.98 Å². The molecule has 0 spiro atoms. The van der Waals surface area contributed by atoms with Crippen molar-refractivity contribution < 1.29 is 0 Å². The molecule has 0 fully saturated rings. The van der Waals surface area contributed by atoms with Crippen LogP contribution in [0, 0.1) is 0 Å². The van der Waals surface area contributed by atoms with E-state index in [0.29, 0.717) is 0 Å². The number of hydrogen-bond donors (Lipinski definition) is 0. The molecule has 18 heavy (non-hydrogen) atoms. The van der Waals surface area contributed by atoms with Gasteiger partial charge in [-0.15, -0.1) is 0 Å². The zero-order chi connectivity index (χ0) is 12.2. The Balaban J connectivity index is 2.03. The monoisotopic (exact) mass is 231 g/mol. The minimum absolute atomic E-state index is 1.03. The first kappa shape index (κ1) is 10.7. The van der Waals surface area contributed by atoms with Gasteiger partial charge in [0.25, 0.3) is 0 Å². The Morgan fingerprint density at radius 3 is 2.39 bits per heavy atom. The highest BCUT2D eigenvalue weighted by molar-refractivity contribution is 5.90. The second-order valence-electron chi connectivity index (χ2n) is 4.16. The zero-order valence-corrected chi connectivity index (χ0v) is 9.95. The largest absolute Gasteiger partial charge is 0.256 e. The summed E-state index contributed by atoms with van der Waals surface area (Å²) in [5.41, 5.74) is 3.44. The van der Waals surface area contributed by atoms with Gasteiger partial charge >= 0.3 is 0 Å². The van der Waals surface area contributed by atoms with Crippen LogP contribution in [-0.2, 0) is 0 Å². The highest BCUT2D eigenvalue weighted by atomic mass is 14.6. The van der Waals surface area contributed by atoms with Gasteiger partial charge in [0, 0.05) is 11.6 Å². The average Bonchev–Trinajstić information content (AvgIpc) is 2.46. The maximum absolute atomic E-state index is 4.36. The number of pyridine rings is 1. The summed E-state index contributed by atoms with van der Waals surface area (Å²) in [7, 11) is 0. The molecule has 3 rings (SSSR count). The molecule has 0 bridgehead atoms. The van der Waals surface area contributed by atoms with Crippen molar-refractivity contribution in [3.63, 3.8) is 0 Å². The minimum atomic E-state index is 1.03. The number of para-hydroxylation sites is 1. The SMILES string of the molecule is C(=C\c1ccnc2ccccc12)/c1ccccc1. The van der Waals surface area contributed by atoms with Crippen LogP contribution in [-0.4, -0.2) is 4.98 Å². The van der Waals surface area contributed by atoms with E-state index in [9.17, 15) is 0 Å². The number of aromatic nitrogens is 1. The molecule has 0 atom stereocenters. The summed E-state index contributed by atoms with van der Waals surface area (Å²) >= 11 is 0. The lowest BCUT2D eigenvalue weighted by Crippen LogP contribution is -1.81. The van der Waals surface area contributed by atoms with Crippen molar-refractivity contribution in [3.8, 4) is 0 Å². The zero-order valence-electron chi connectivity index (χ0n) is 9.95. The molecule has 0 radical (unpaired) electrons. The fourth-order valence-electron chi connectivity index (χ4n) is 2.01. The van der Waals surface area contributed by atoms with E-state index in [1.807, 2.05) is 48.7 Å². The quantitative estimate of drug-likeness (QED) is 0.636. The van der Waals surface area contributed by atoms with Gasteiger partial charge in [-0.05, 0) is 23.3 Å². The lowest BCUT2D eigenvalue weighted by atomic mass is 10.1. The lowest BCUT2D eigenvalue weighted by Gasteiger charge is -2.00. The average molecular weight is 231 g/mol. The molecule has 1 nitrogen and oxygen atoms in total. The molecule has 86 valence electrons. The summed E-state index contributed by atoms with van der Waals surface area (Å²) in [4.78, 5) is 4.36. The molecule has 0 amide bonds. The van der Waals surface area contributed by atoms with Crippen molar-refractivity contribution in [2.75, 3.05) is 0 Å². The van der Waals surface area contributed by atoms with Crippen LogP contribution in [0.25, 0.3) is 23.1 Å². The van der Waals surface area contributed by atoms with Gasteiger partial charge in [0.1, 0.15) is 0 Å². The van der Waals surface area contributed by atoms with Gasteiger partial charge in [0.15, 0.2) is 0 Å². The van der Waals surface area contributed by atoms with Crippen LogP contribution in [0.4, 0.5) is 0 Å². The summed E-state index contributed by atoms with van der Waals surface area (Å²) in [6, 6.07) is 20.6. The fourth-order valence-corrected chi connectivity index (χ4v) is 2.01. The van der Waals surface area contributed by atoms with Crippen LogP contribution in [0.15, 0.2) is 66.9 Å². The fraction of sp³-hybridized carbons (Fsp3) is 0. The summed E-state index contributed by atoms with van der Waals surface area (Å²) in [6.45, 7) is 0. The van der Waals surface area contributed by atoms with Gasteiger partial charge in [-0.3, -0.25) is 4.98 Å². The van der Waals surface area contributed by atoms with Crippen molar-refractivity contribution in [1.29, 1.82) is 0 Å². The van der Waals surface area contributed by atoms with Gasteiger partial charge in [0.05, 0.1) is 5.52 Å². The van der Waals surface area contributed by atoms with Gasteiger partial charge < -0.3 is 0 Å². The first-order valence-electron chi connectivity index (χ1n) is 6.00. The number of fused-ring (bicyclic) bond motifs is 1. The molecule has 0 aliphatic rings. The maximum Gasteiger partial charge on any atom is 0.0707 e. The Hall–Kier alpha value is -2.41. The van der Waals surface area contributed by atoms with E-state index < -0.39 is 0 Å². The Morgan fingerprint density at radius 2 is 1.50 bits per heavy atom. The lowest BCUT2D eigenvalue weighted by molar-refractivity contribution is 1.41. The standard InChI is InChI=1S/C17H13N/c1-2-6-14(7-3-1)10-11-15-12-13-18-17-9-5-4-8-16(15)17/h1-13H/b11-10+. The van der Waals surface area contributed by atoms with Crippen LogP contribution in [0.5, 0.6) is 0 Å². The highest BCUT2D eigenvalue weighted by Gasteiger charge is 1.97. The Morgan fingerprint density at radius 1 is 0.722 bits per heavy atom. The molecule has 2 aromatic carbocycles.